The summed E-state index contributed by atoms with van der Waals surface area (Å²) in [5.74, 6) is -0.118. The molecule has 0 aromatic carbocycles. The van der Waals surface area contributed by atoms with Gasteiger partial charge in [0.2, 0.25) is 5.91 Å². The molecular weight excluding hydrogens is 156 g/mol. The second-order valence-corrected chi connectivity index (χ2v) is 2.02. The van der Waals surface area contributed by atoms with Crippen molar-refractivity contribution in [3.63, 3.8) is 0 Å². The summed E-state index contributed by atoms with van der Waals surface area (Å²) >= 11 is 0. The van der Waals surface area contributed by atoms with E-state index in [9.17, 15) is 4.79 Å². The zero-order valence-corrected chi connectivity index (χ0v) is 7.41. The van der Waals surface area contributed by atoms with Gasteiger partial charge in [-0.1, -0.05) is 6.08 Å². The van der Waals surface area contributed by atoms with Crippen LogP contribution in [0.2, 0.25) is 0 Å². The van der Waals surface area contributed by atoms with E-state index in [1.54, 1.807) is 32.5 Å². The maximum absolute atomic E-state index is 10.6. The number of rotatable bonds is 5. The minimum absolute atomic E-state index is 0.101. The van der Waals surface area contributed by atoms with Crippen molar-refractivity contribution >= 4 is 12.1 Å². The van der Waals surface area contributed by atoms with Crippen LogP contribution in [-0.2, 0) is 9.53 Å². The van der Waals surface area contributed by atoms with Crippen LogP contribution in [-0.4, -0.2) is 39.4 Å². The second-order valence-electron chi connectivity index (χ2n) is 2.02. The van der Waals surface area contributed by atoms with Crippen molar-refractivity contribution in [2.24, 2.45) is 4.99 Å². The van der Waals surface area contributed by atoms with Crippen molar-refractivity contribution in [3.8, 4) is 0 Å². The molecule has 0 saturated heterocycles. The number of nitrogens with zero attached hydrogens (tertiary/aromatic N) is 1. The summed E-state index contributed by atoms with van der Waals surface area (Å²) in [7, 11) is 3.26. The number of amides is 1. The van der Waals surface area contributed by atoms with Gasteiger partial charge in [0.05, 0.1) is 6.61 Å². The van der Waals surface area contributed by atoms with E-state index in [0.29, 0.717) is 6.61 Å². The zero-order valence-electron chi connectivity index (χ0n) is 7.41. The standard InChI is InChI=1S/C8H14N2O2/c1-9-5-3-4-6-12-7-8(11)10-2/h3-5H,6-7H2,1-2H3,(H,10,11)/b4-3-,9-5-. The minimum atomic E-state index is -0.118. The van der Waals surface area contributed by atoms with Crippen LogP contribution in [0.15, 0.2) is 17.1 Å². The van der Waals surface area contributed by atoms with Gasteiger partial charge in [0, 0.05) is 20.3 Å². The maximum atomic E-state index is 10.6. The van der Waals surface area contributed by atoms with Crippen LogP contribution < -0.4 is 5.32 Å². The van der Waals surface area contributed by atoms with Crippen molar-refractivity contribution in [1.82, 2.24) is 5.32 Å². The summed E-state index contributed by atoms with van der Waals surface area (Å²) in [4.78, 5) is 14.4. The van der Waals surface area contributed by atoms with Crippen molar-refractivity contribution in [1.29, 1.82) is 0 Å². The number of hydrogen-bond acceptors (Lipinski definition) is 3. The molecule has 4 heteroatoms. The lowest BCUT2D eigenvalue weighted by molar-refractivity contribution is -0.124. The molecule has 0 radical (unpaired) electrons. The van der Waals surface area contributed by atoms with Crippen molar-refractivity contribution in [3.05, 3.63) is 12.2 Å². The third-order valence-corrected chi connectivity index (χ3v) is 1.10. The third-order valence-electron chi connectivity index (χ3n) is 1.10. The molecule has 0 aliphatic heterocycles. The van der Waals surface area contributed by atoms with Gasteiger partial charge < -0.3 is 10.1 Å². The predicted molar refractivity (Wildman–Crippen MR) is 48.4 cm³/mol. The molecule has 0 bridgehead atoms. The van der Waals surface area contributed by atoms with Crippen molar-refractivity contribution in [2.45, 2.75) is 0 Å². The van der Waals surface area contributed by atoms with E-state index in [0.717, 1.165) is 0 Å². The molecule has 0 rings (SSSR count). The molecule has 68 valence electrons. The number of nitrogens with one attached hydrogen (secondary N) is 1. The van der Waals surface area contributed by atoms with E-state index < -0.39 is 0 Å². The van der Waals surface area contributed by atoms with Crippen LogP contribution in [0.1, 0.15) is 0 Å². The predicted octanol–water partition coefficient (Wildman–Crippen LogP) is 0.00580. The molecule has 1 amide bonds. The number of aliphatic imine (C=N–C) groups is 1. The molecule has 12 heavy (non-hydrogen) atoms. The Morgan fingerprint density at radius 1 is 1.67 bits per heavy atom. The highest BCUT2D eigenvalue weighted by Crippen LogP contribution is 1.76. The number of allylic oxidation sites excluding steroid dienone is 1. The molecule has 0 aliphatic rings. The molecule has 1 N–H and O–H groups in total. The number of likely N-dealkylation sites (N-methyl/N-ethyl adjacent to an activating group) is 1. The first-order valence-corrected chi connectivity index (χ1v) is 3.67. The topological polar surface area (TPSA) is 50.7 Å². The van der Waals surface area contributed by atoms with E-state index >= 15 is 0 Å². The van der Waals surface area contributed by atoms with Gasteiger partial charge in [0.25, 0.3) is 0 Å². The summed E-state index contributed by atoms with van der Waals surface area (Å²) in [5.41, 5.74) is 0. The fourth-order valence-electron chi connectivity index (χ4n) is 0.494. The molecule has 4 nitrogen and oxygen atoms in total. The van der Waals surface area contributed by atoms with E-state index in [1.165, 1.54) is 0 Å². The van der Waals surface area contributed by atoms with E-state index in [2.05, 4.69) is 10.3 Å². The number of hydrogen-bond donors (Lipinski definition) is 1. The Balaban J connectivity index is 3.26. The molecule has 0 heterocycles. The van der Waals surface area contributed by atoms with E-state index in [4.69, 9.17) is 4.74 Å². The average molecular weight is 170 g/mol. The molecule has 0 aliphatic carbocycles. The van der Waals surface area contributed by atoms with Crippen molar-refractivity contribution < 1.29 is 9.53 Å². The van der Waals surface area contributed by atoms with Gasteiger partial charge in [-0.2, -0.15) is 0 Å². The monoisotopic (exact) mass is 170 g/mol. The normalized spacial score (nSPS) is 11.2. The lowest BCUT2D eigenvalue weighted by Crippen LogP contribution is -2.23. The summed E-state index contributed by atoms with van der Waals surface area (Å²) in [6.07, 6.45) is 5.21. The lowest BCUT2D eigenvalue weighted by Gasteiger charge is -1.97. The Kier molecular flexibility index (Phi) is 7.17. The quantitative estimate of drug-likeness (QED) is 0.466. The SMILES string of the molecule is C/N=C\C=C/COCC(=O)NC. The van der Waals surface area contributed by atoms with Gasteiger partial charge in [-0.25, -0.2) is 0 Å². The summed E-state index contributed by atoms with van der Waals surface area (Å²) < 4.78 is 4.97. The average Bonchev–Trinajstić information content (AvgIpc) is 2.10. The van der Waals surface area contributed by atoms with E-state index in [1.807, 2.05) is 0 Å². The fraction of sp³-hybridized carbons (Fsp3) is 0.500. The molecule has 0 aromatic rings. The maximum Gasteiger partial charge on any atom is 0.245 e. The smallest absolute Gasteiger partial charge is 0.245 e. The molecule has 0 aromatic heterocycles. The van der Waals surface area contributed by atoms with E-state index in [-0.39, 0.29) is 12.5 Å². The van der Waals surface area contributed by atoms with Gasteiger partial charge >= 0.3 is 0 Å². The van der Waals surface area contributed by atoms with Crippen LogP contribution in [0, 0.1) is 0 Å². The first-order valence-electron chi connectivity index (χ1n) is 3.67. The highest BCUT2D eigenvalue weighted by Gasteiger charge is 1.93. The Bertz CT molecular complexity index is 176. The van der Waals surface area contributed by atoms with Crippen LogP contribution >= 0.6 is 0 Å². The van der Waals surface area contributed by atoms with Crippen LogP contribution in [0.25, 0.3) is 0 Å². The first-order chi connectivity index (χ1) is 5.81. The number of carbonyl (C=O) groups excluding carboxylic acids is 1. The Labute approximate surface area is 72.3 Å². The summed E-state index contributed by atoms with van der Waals surface area (Å²) in [6.45, 7) is 0.531. The summed E-state index contributed by atoms with van der Waals surface area (Å²) in [6, 6.07) is 0. The molecule has 0 atom stereocenters. The van der Waals surface area contributed by atoms with Gasteiger partial charge in [-0.3, -0.25) is 9.79 Å². The molecule has 0 saturated carbocycles. The van der Waals surface area contributed by atoms with Gasteiger partial charge in [-0.15, -0.1) is 0 Å². The van der Waals surface area contributed by atoms with Crippen molar-refractivity contribution in [2.75, 3.05) is 27.3 Å². The van der Waals surface area contributed by atoms with Crippen LogP contribution in [0.4, 0.5) is 0 Å². The number of carbonyl (C=O) groups is 1. The highest BCUT2D eigenvalue weighted by molar-refractivity contribution is 5.76. The third kappa shape index (κ3) is 6.95. The molecule has 0 fully saturated rings. The highest BCUT2D eigenvalue weighted by atomic mass is 16.5. The molecule has 0 spiro atoms. The zero-order chi connectivity index (χ0) is 9.23. The molecular formula is C8H14N2O2. The Morgan fingerprint density at radius 3 is 3.00 bits per heavy atom. The minimum Gasteiger partial charge on any atom is -0.368 e. The first kappa shape index (κ1) is 10.8. The van der Waals surface area contributed by atoms with Gasteiger partial charge in [-0.05, 0) is 6.08 Å². The number of ether oxygens (including phenoxy) is 1. The van der Waals surface area contributed by atoms with Gasteiger partial charge in [0.15, 0.2) is 0 Å². The van der Waals surface area contributed by atoms with Gasteiger partial charge in [0.1, 0.15) is 6.61 Å². The Hall–Kier alpha value is -1.16. The summed E-state index contributed by atoms with van der Waals surface area (Å²) in [5, 5.41) is 2.45. The fourth-order valence-corrected chi connectivity index (χ4v) is 0.494. The van der Waals surface area contributed by atoms with Crippen LogP contribution in [0.3, 0.4) is 0 Å². The second kappa shape index (κ2) is 7.94. The molecule has 0 unspecified atom stereocenters. The lowest BCUT2D eigenvalue weighted by atomic mass is 10.5. The largest absolute Gasteiger partial charge is 0.368 e. The van der Waals surface area contributed by atoms with Crippen LogP contribution in [0.5, 0.6) is 0 Å². The Morgan fingerprint density at radius 2 is 2.42 bits per heavy atom.